The predicted octanol–water partition coefficient (Wildman–Crippen LogP) is 2.39. The number of rotatable bonds is 1. The van der Waals surface area contributed by atoms with Gasteiger partial charge in [-0.25, -0.2) is 0 Å². The van der Waals surface area contributed by atoms with E-state index in [1.165, 1.54) is 0 Å². The molecule has 0 amide bonds. The van der Waals surface area contributed by atoms with Crippen LogP contribution in [0.3, 0.4) is 0 Å². The van der Waals surface area contributed by atoms with E-state index in [0.717, 1.165) is 10.2 Å². The van der Waals surface area contributed by atoms with E-state index in [1.807, 2.05) is 12.1 Å². The van der Waals surface area contributed by atoms with Gasteiger partial charge in [0.15, 0.2) is 0 Å². The molecule has 0 bridgehead atoms. The third kappa shape index (κ3) is 1.27. The van der Waals surface area contributed by atoms with Gasteiger partial charge in [-0.15, -0.1) is 0 Å². The lowest BCUT2D eigenvalue weighted by atomic mass is 10.3. The number of aromatic amines is 1. The van der Waals surface area contributed by atoms with Crippen molar-refractivity contribution in [3.63, 3.8) is 0 Å². The van der Waals surface area contributed by atoms with Gasteiger partial charge in [-0.2, -0.15) is 0 Å². The van der Waals surface area contributed by atoms with E-state index in [0.29, 0.717) is 0 Å². The standard InChI is InChI=1S/C7H7NS/c1-2-6-4-3-5-8-7(6)9/h2-5H,1H2,(H,8,9). The Labute approximate surface area is 59.1 Å². The van der Waals surface area contributed by atoms with Crippen LogP contribution in [0.4, 0.5) is 0 Å². The van der Waals surface area contributed by atoms with Crippen molar-refractivity contribution in [2.24, 2.45) is 0 Å². The molecular formula is C7H7NS. The van der Waals surface area contributed by atoms with Crippen LogP contribution >= 0.6 is 12.2 Å². The van der Waals surface area contributed by atoms with Crippen LogP contribution in [0.15, 0.2) is 24.9 Å². The molecule has 46 valence electrons. The van der Waals surface area contributed by atoms with E-state index in [2.05, 4.69) is 11.6 Å². The summed E-state index contributed by atoms with van der Waals surface area (Å²) in [6, 6.07) is 3.82. The number of hydrogen-bond donors (Lipinski definition) is 1. The van der Waals surface area contributed by atoms with Crippen molar-refractivity contribution in [3.8, 4) is 0 Å². The van der Waals surface area contributed by atoms with Crippen molar-refractivity contribution in [1.29, 1.82) is 0 Å². The molecule has 0 spiro atoms. The van der Waals surface area contributed by atoms with Gasteiger partial charge in [0.25, 0.3) is 0 Å². The van der Waals surface area contributed by atoms with Gasteiger partial charge < -0.3 is 4.98 Å². The molecule has 1 heterocycles. The maximum absolute atomic E-state index is 4.92. The molecule has 1 N–H and O–H groups in total. The highest BCUT2D eigenvalue weighted by Crippen LogP contribution is 1.99. The highest BCUT2D eigenvalue weighted by atomic mass is 32.1. The van der Waals surface area contributed by atoms with E-state index in [4.69, 9.17) is 12.2 Å². The first-order valence-corrected chi connectivity index (χ1v) is 3.05. The van der Waals surface area contributed by atoms with Crippen LogP contribution in [-0.2, 0) is 0 Å². The molecule has 0 unspecified atom stereocenters. The van der Waals surface area contributed by atoms with E-state index in [9.17, 15) is 0 Å². The minimum absolute atomic E-state index is 0.743. The topological polar surface area (TPSA) is 15.8 Å². The summed E-state index contributed by atoms with van der Waals surface area (Å²) in [6.07, 6.45) is 3.54. The third-order valence-electron chi connectivity index (χ3n) is 1.07. The number of H-pyrrole nitrogens is 1. The molecule has 0 radical (unpaired) electrons. The summed E-state index contributed by atoms with van der Waals surface area (Å²) >= 11 is 4.92. The second kappa shape index (κ2) is 2.60. The van der Waals surface area contributed by atoms with Gasteiger partial charge in [0.2, 0.25) is 0 Å². The van der Waals surface area contributed by atoms with Crippen LogP contribution < -0.4 is 0 Å². The third-order valence-corrected chi connectivity index (χ3v) is 1.42. The Morgan fingerprint density at radius 2 is 2.44 bits per heavy atom. The van der Waals surface area contributed by atoms with E-state index < -0.39 is 0 Å². The summed E-state index contributed by atoms with van der Waals surface area (Å²) < 4.78 is 0.743. The Kier molecular flexibility index (Phi) is 1.80. The molecule has 1 rings (SSSR count). The molecule has 1 aromatic heterocycles. The Balaban J connectivity index is 3.32. The Morgan fingerprint density at radius 1 is 1.67 bits per heavy atom. The SMILES string of the molecule is C=Cc1ccc[nH]c1=S. The fraction of sp³-hybridized carbons (Fsp3) is 0. The van der Waals surface area contributed by atoms with Crippen molar-refractivity contribution in [2.75, 3.05) is 0 Å². The van der Waals surface area contributed by atoms with Crippen LogP contribution in [0, 0.1) is 4.64 Å². The van der Waals surface area contributed by atoms with Crippen molar-refractivity contribution in [1.82, 2.24) is 4.98 Å². The molecule has 0 fully saturated rings. The first-order valence-electron chi connectivity index (χ1n) is 2.65. The lowest BCUT2D eigenvalue weighted by molar-refractivity contribution is 1.29. The van der Waals surface area contributed by atoms with Crippen molar-refractivity contribution < 1.29 is 0 Å². The lowest BCUT2D eigenvalue weighted by Crippen LogP contribution is -1.75. The molecule has 0 aliphatic carbocycles. The van der Waals surface area contributed by atoms with Crippen molar-refractivity contribution in [3.05, 3.63) is 35.1 Å². The number of pyridine rings is 1. The maximum atomic E-state index is 4.92. The van der Waals surface area contributed by atoms with Crippen molar-refractivity contribution in [2.45, 2.75) is 0 Å². The zero-order valence-corrected chi connectivity index (χ0v) is 5.74. The fourth-order valence-corrected chi connectivity index (χ4v) is 0.815. The number of hydrogen-bond acceptors (Lipinski definition) is 1. The van der Waals surface area contributed by atoms with E-state index in [1.54, 1.807) is 12.3 Å². The van der Waals surface area contributed by atoms with Gasteiger partial charge in [0.1, 0.15) is 4.64 Å². The lowest BCUT2D eigenvalue weighted by Gasteiger charge is -1.88. The van der Waals surface area contributed by atoms with Crippen LogP contribution in [0.2, 0.25) is 0 Å². The quantitative estimate of drug-likeness (QED) is 0.587. The van der Waals surface area contributed by atoms with Gasteiger partial charge in [0, 0.05) is 11.8 Å². The van der Waals surface area contributed by atoms with Crippen LogP contribution in [-0.4, -0.2) is 4.98 Å². The molecule has 0 atom stereocenters. The molecule has 0 aromatic carbocycles. The summed E-state index contributed by atoms with van der Waals surface area (Å²) in [6.45, 7) is 3.61. The second-order valence-corrected chi connectivity index (χ2v) is 2.07. The molecule has 0 aliphatic rings. The number of aromatic nitrogens is 1. The smallest absolute Gasteiger partial charge is 0.110 e. The molecule has 0 saturated carbocycles. The first kappa shape index (κ1) is 6.23. The Hall–Kier alpha value is -0.890. The first-order chi connectivity index (χ1) is 4.34. The van der Waals surface area contributed by atoms with E-state index >= 15 is 0 Å². The Morgan fingerprint density at radius 3 is 2.89 bits per heavy atom. The summed E-state index contributed by atoms with van der Waals surface area (Å²) in [5, 5.41) is 0. The monoisotopic (exact) mass is 137 g/mol. The predicted molar refractivity (Wildman–Crippen MR) is 41.7 cm³/mol. The average molecular weight is 137 g/mol. The summed E-state index contributed by atoms with van der Waals surface area (Å²) in [7, 11) is 0. The van der Waals surface area contributed by atoms with Crippen LogP contribution in [0.1, 0.15) is 5.56 Å². The van der Waals surface area contributed by atoms with Crippen molar-refractivity contribution >= 4 is 18.3 Å². The molecular weight excluding hydrogens is 130 g/mol. The minimum Gasteiger partial charge on any atom is -0.352 e. The normalized spacial score (nSPS) is 8.89. The molecule has 2 heteroatoms. The highest BCUT2D eigenvalue weighted by molar-refractivity contribution is 7.71. The molecule has 1 nitrogen and oxygen atoms in total. The maximum Gasteiger partial charge on any atom is 0.110 e. The molecule has 1 aromatic rings. The van der Waals surface area contributed by atoms with Gasteiger partial charge >= 0.3 is 0 Å². The highest BCUT2D eigenvalue weighted by Gasteiger charge is 1.83. The average Bonchev–Trinajstić information content (AvgIpc) is 1.89. The van der Waals surface area contributed by atoms with Crippen LogP contribution in [0.5, 0.6) is 0 Å². The van der Waals surface area contributed by atoms with Gasteiger partial charge in [-0.3, -0.25) is 0 Å². The molecule has 9 heavy (non-hydrogen) atoms. The molecule has 0 saturated heterocycles. The second-order valence-electron chi connectivity index (χ2n) is 1.66. The zero-order valence-electron chi connectivity index (χ0n) is 4.92. The van der Waals surface area contributed by atoms with Gasteiger partial charge in [-0.05, 0) is 6.07 Å². The van der Waals surface area contributed by atoms with Crippen LogP contribution in [0.25, 0.3) is 6.08 Å². The summed E-state index contributed by atoms with van der Waals surface area (Å²) in [4.78, 5) is 2.89. The number of nitrogens with one attached hydrogen (secondary N) is 1. The Bertz CT molecular complexity index is 262. The van der Waals surface area contributed by atoms with Gasteiger partial charge in [0.05, 0.1) is 0 Å². The fourth-order valence-electron chi connectivity index (χ4n) is 0.595. The van der Waals surface area contributed by atoms with E-state index in [-0.39, 0.29) is 0 Å². The largest absolute Gasteiger partial charge is 0.352 e. The molecule has 0 aliphatic heterocycles. The minimum atomic E-state index is 0.743. The summed E-state index contributed by atoms with van der Waals surface area (Å²) in [5.41, 5.74) is 0.979. The summed E-state index contributed by atoms with van der Waals surface area (Å²) in [5.74, 6) is 0. The van der Waals surface area contributed by atoms with Gasteiger partial charge in [-0.1, -0.05) is 30.9 Å². The zero-order chi connectivity index (χ0) is 6.69.